The molecule has 1 atom stereocenters. The lowest BCUT2D eigenvalue weighted by molar-refractivity contribution is -0.150. The lowest BCUT2D eigenvalue weighted by Crippen LogP contribution is -2.23. The van der Waals surface area contributed by atoms with Gasteiger partial charge < -0.3 is 9.53 Å². The molecule has 0 radical (unpaired) electrons. The van der Waals surface area contributed by atoms with Gasteiger partial charge in [0.25, 0.3) is 0 Å². The first-order valence-electron chi connectivity index (χ1n) is 9.33. The second kappa shape index (κ2) is 12.7. The van der Waals surface area contributed by atoms with Crippen molar-refractivity contribution in [2.24, 2.45) is 5.92 Å². The molecular weight excluding hydrogens is 300 g/mol. The van der Waals surface area contributed by atoms with Gasteiger partial charge in [-0.25, -0.2) is 0 Å². The van der Waals surface area contributed by atoms with E-state index in [1.165, 1.54) is 39.0 Å². The Labute approximate surface area is 146 Å². The highest BCUT2D eigenvalue weighted by Gasteiger charge is 2.22. The first kappa shape index (κ1) is 20.4. The van der Waals surface area contributed by atoms with E-state index < -0.39 is 0 Å². The topological polar surface area (TPSA) is 43.4 Å². The Balaban J connectivity index is 2.30. The zero-order valence-corrected chi connectivity index (χ0v) is 15.3. The Morgan fingerprint density at radius 3 is 2.21 bits per heavy atom. The summed E-state index contributed by atoms with van der Waals surface area (Å²) in [4.78, 5) is 23.7. The fourth-order valence-corrected chi connectivity index (χ4v) is 2.83. The van der Waals surface area contributed by atoms with Crippen molar-refractivity contribution in [2.75, 3.05) is 6.61 Å². The largest absolute Gasteiger partial charge is 0.465 e. The second-order valence-electron chi connectivity index (χ2n) is 6.58. The molecule has 0 aliphatic rings. The highest BCUT2D eigenvalue weighted by Crippen LogP contribution is 2.15. The van der Waals surface area contributed by atoms with Crippen molar-refractivity contribution < 1.29 is 14.3 Å². The minimum Gasteiger partial charge on any atom is -0.465 e. The van der Waals surface area contributed by atoms with Crippen molar-refractivity contribution in [3.05, 3.63) is 35.9 Å². The average molecular weight is 332 g/mol. The standard InChI is InChI=1S/C21H32O3/c1-3-4-5-6-7-8-12-15-24-21(23)20(16-18(2)22)17-19-13-10-9-11-14-19/h9-11,13-14,20H,3-8,12,15-17H2,1-2H3. The molecule has 0 N–H and O–H groups in total. The Hall–Kier alpha value is -1.64. The van der Waals surface area contributed by atoms with Crippen molar-refractivity contribution in [3.8, 4) is 0 Å². The van der Waals surface area contributed by atoms with E-state index in [9.17, 15) is 9.59 Å². The van der Waals surface area contributed by atoms with Crippen LogP contribution in [0.4, 0.5) is 0 Å². The molecule has 0 saturated carbocycles. The fourth-order valence-electron chi connectivity index (χ4n) is 2.83. The third kappa shape index (κ3) is 9.49. The molecule has 0 aliphatic carbocycles. The molecule has 0 aromatic heterocycles. The lowest BCUT2D eigenvalue weighted by atomic mass is 9.95. The van der Waals surface area contributed by atoms with Crippen molar-refractivity contribution >= 4 is 11.8 Å². The Bertz CT molecular complexity index is 467. The Kier molecular flexibility index (Phi) is 10.8. The molecule has 0 amide bonds. The highest BCUT2D eigenvalue weighted by molar-refractivity contribution is 5.83. The average Bonchev–Trinajstić information content (AvgIpc) is 2.57. The summed E-state index contributed by atoms with van der Waals surface area (Å²) in [5.41, 5.74) is 1.07. The van der Waals surface area contributed by atoms with Crippen LogP contribution in [-0.2, 0) is 20.7 Å². The predicted octanol–water partition coefficient (Wildman–Crippen LogP) is 5.12. The van der Waals surface area contributed by atoms with E-state index in [-0.39, 0.29) is 24.1 Å². The van der Waals surface area contributed by atoms with E-state index in [1.807, 2.05) is 30.3 Å². The molecule has 1 aromatic carbocycles. The van der Waals surface area contributed by atoms with Crippen LogP contribution in [0.3, 0.4) is 0 Å². The molecule has 0 spiro atoms. The van der Waals surface area contributed by atoms with E-state index in [1.54, 1.807) is 0 Å². The van der Waals surface area contributed by atoms with Gasteiger partial charge in [0, 0.05) is 6.42 Å². The maximum absolute atomic E-state index is 12.3. The van der Waals surface area contributed by atoms with Gasteiger partial charge in [0.15, 0.2) is 0 Å². The van der Waals surface area contributed by atoms with Crippen LogP contribution in [0.15, 0.2) is 30.3 Å². The molecule has 1 aromatic rings. The molecule has 0 fully saturated rings. The smallest absolute Gasteiger partial charge is 0.309 e. The van der Waals surface area contributed by atoms with Gasteiger partial charge >= 0.3 is 5.97 Å². The normalized spacial score (nSPS) is 11.9. The SMILES string of the molecule is CCCCCCCCCOC(=O)C(CC(C)=O)Cc1ccccc1. The van der Waals surface area contributed by atoms with Crippen LogP contribution in [0.5, 0.6) is 0 Å². The number of carbonyl (C=O) groups excluding carboxylic acids is 2. The van der Waals surface area contributed by atoms with Crippen LogP contribution in [0.1, 0.15) is 70.8 Å². The number of Topliss-reactive ketones (excluding diaryl/α,β-unsaturated/α-hetero) is 1. The Morgan fingerprint density at radius 1 is 0.958 bits per heavy atom. The number of hydrogen-bond acceptors (Lipinski definition) is 3. The number of ketones is 1. The number of rotatable bonds is 13. The molecule has 3 heteroatoms. The first-order chi connectivity index (χ1) is 11.6. The molecule has 24 heavy (non-hydrogen) atoms. The van der Waals surface area contributed by atoms with E-state index in [0.29, 0.717) is 13.0 Å². The molecule has 1 unspecified atom stereocenters. The van der Waals surface area contributed by atoms with E-state index in [0.717, 1.165) is 18.4 Å². The lowest BCUT2D eigenvalue weighted by Gasteiger charge is -2.15. The summed E-state index contributed by atoms with van der Waals surface area (Å²) in [5, 5.41) is 0. The van der Waals surface area contributed by atoms with Gasteiger partial charge in [-0.1, -0.05) is 75.8 Å². The zero-order chi connectivity index (χ0) is 17.6. The summed E-state index contributed by atoms with van der Waals surface area (Å²) in [7, 11) is 0. The van der Waals surface area contributed by atoms with Crippen LogP contribution in [0, 0.1) is 5.92 Å². The number of hydrogen-bond donors (Lipinski definition) is 0. The predicted molar refractivity (Wildman–Crippen MR) is 97.9 cm³/mol. The maximum atomic E-state index is 12.3. The number of carbonyl (C=O) groups is 2. The minimum absolute atomic E-state index is 0.0313. The van der Waals surface area contributed by atoms with Crippen molar-refractivity contribution in [3.63, 3.8) is 0 Å². The first-order valence-corrected chi connectivity index (χ1v) is 9.33. The van der Waals surface area contributed by atoms with Gasteiger partial charge in [0.05, 0.1) is 12.5 Å². The molecule has 3 nitrogen and oxygen atoms in total. The van der Waals surface area contributed by atoms with Crippen LogP contribution in [-0.4, -0.2) is 18.4 Å². The number of esters is 1. The molecular formula is C21H32O3. The minimum atomic E-state index is -0.366. The molecule has 0 heterocycles. The molecule has 0 aliphatic heterocycles. The van der Waals surface area contributed by atoms with Gasteiger partial charge in [-0.15, -0.1) is 0 Å². The molecule has 0 saturated heterocycles. The van der Waals surface area contributed by atoms with Gasteiger partial charge in [0.2, 0.25) is 0 Å². The van der Waals surface area contributed by atoms with Crippen LogP contribution in [0.2, 0.25) is 0 Å². The summed E-state index contributed by atoms with van der Waals surface area (Å²) < 4.78 is 5.41. The monoisotopic (exact) mass is 332 g/mol. The van der Waals surface area contributed by atoms with Crippen LogP contribution >= 0.6 is 0 Å². The summed E-state index contributed by atoms with van der Waals surface area (Å²) in [5.74, 6) is -0.571. The summed E-state index contributed by atoms with van der Waals surface area (Å²) in [6.45, 7) is 4.21. The van der Waals surface area contributed by atoms with Gasteiger partial charge in [0.1, 0.15) is 5.78 Å². The summed E-state index contributed by atoms with van der Waals surface area (Å²) >= 11 is 0. The number of benzene rings is 1. The zero-order valence-electron chi connectivity index (χ0n) is 15.3. The van der Waals surface area contributed by atoms with Crippen molar-refractivity contribution in [1.82, 2.24) is 0 Å². The van der Waals surface area contributed by atoms with Gasteiger partial charge in [-0.3, -0.25) is 4.79 Å². The summed E-state index contributed by atoms with van der Waals surface area (Å²) in [6, 6.07) is 9.81. The van der Waals surface area contributed by atoms with Crippen molar-refractivity contribution in [1.29, 1.82) is 0 Å². The highest BCUT2D eigenvalue weighted by atomic mass is 16.5. The quantitative estimate of drug-likeness (QED) is 0.372. The third-order valence-corrected chi connectivity index (χ3v) is 4.18. The van der Waals surface area contributed by atoms with Crippen molar-refractivity contribution in [2.45, 2.75) is 71.6 Å². The maximum Gasteiger partial charge on any atom is 0.309 e. The fraction of sp³-hybridized carbons (Fsp3) is 0.619. The summed E-state index contributed by atoms with van der Waals surface area (Å²) in [6.07, 6.45) is 9.18. The van der Waals surface area contributed by atoms with Crippen LogP contribution < -0.4 is 0 Å². The second-order valence-corrected chi connectivity index (χ2v) is 6.58. The van der Waals surface area contributed by atoms with E-state index in [4.69, 9.17) is 4.74 Å². The molecule has 1 rings (SSSR count). The Morgan fingerprint density at radius 2 is 1.58 bits per heavy atom. The van der Waals surface area contributed by atoms with Crippen LogP contribution in [0.25, 0.3) is 0 Å². The van der Waals surface area contributed by atoms with Gasteiger partial charge in [-0.2, -0.15) is 0 Å². The third-order valence-electron chi connectivity index (χ3n) is 4.18. The number of ether oxygens (including phenoxy) is 1. The van der Waals surface area contributed by atoms with Gasteiger partial charge in [-0.05, 0) is 25.3 Å². The van der Waals surface area contributed by atoms with E-state index >= 15 is 0 Å². The molecule has 134 valence electrons. The number of unbranched alkanes of at least 4 members (excludes halogenated alkanes) is 6. The molecule has 0 bridgehead atoms. The van der Waals surface area contributed by atoms with E-state index in [2.05, 4.69) is 6.92 Å².